The molecule has 1 aromatic carbocycles. The molecule has 1 N–H and O–H groups in total. The number of benzene rings is 1. The highest BCUT2D eigenvalue weighted by molar-refractivity contribution is 5.19. The second-order valence-corrected chi connectivity index (χ2v) is 5.79. The molecule has 1 aromatic rings. The molecule has 1 saturated carbocycles. The predicted octanol–water partition coefficient (Wildman–Crippen LogP) is 2.95. The van der Waals surface area contributed by atoms with Crippen molar-refractivity contribution < 1.29 is 4.74 Å². The first-order valence-corrected chi connectivity index (χ1v) is 7.24. The molecule has 2 nitrogen and oxygen atoms in total. The van der Waals surface area contributed by atoms with Crippen LogP contribution in [0.4, 0.5) is 0 Å². The van der Waals surface area contributed by atoms with Crippen molar-refractivity contribution in [1.82, 2.24) is 5.32 Å². The number of hydrogen-bond acceptors (Lipinski definition) is 2. The average molecular weight is 245 g/mol. The summed E-state index contributed by atoms with van der Waals surface area (Å²) >= 11 is 0. The van der Waals surface area contributed by atoms with Crippen molar-refractivity contribution in [1.29, 1.82) is 0 Å². The molecule has 0 aromatic heterocycles. The molecule has 1 aliphatic carbocycles. The molecule has 3 unspecified atom stereocenters. The zero-order chi connectivity index (χ0) is 12.4. The number of nitrogens with one attached hydrogen (secondary N) is 1. The van der Waals surface area contributed by atoms with Crippen LogP contribution in [-0.4, -0.2) is 25.3 Å². The summed E-state index contributed by atoms with van der Waals surface area (Å²) in [4.78, 5) is 0. The molecule has 1 saturated heterocycles. The maximum Gasteiger partial charge on any atom is 0.0756 e. The van der Waals surface area contributed by atoms with Crippen LogP contribution in [0.3, 0.4) is 0 Å². The van der Waals surface area contributed by atoms with Crippen molar-refractivity contribution in [3.63, 3.8) is 0 Å². The number of hydrogen-bond donors (Lipinski definition) is 1. The fourth-order valence-electron chi connectivity index (χ4n) is 2.95. The minimum Gasteiger partial charge on any atom is -0.376 e. The van der Waals surface area contributed by atoms with Gasteiger partial charge < -0.3 is 10.1 Å². The predicted molar refractivity (Wildman–Crippen MR) is 73.7 cm³/mol. The Labute approximate surface area is 110 Å². The van der Waals surface area contributed by atoms with Crippen LogP contribution >= 0.6 is 0 Å². The van der Waals surface area contributed by atoms with Gasteiger partial charge in [0.25, 0.3) is 0 Å². The first-order valence-electron chi connectivity index (χ1n) is 7.24. The topological polar surface area (TPSA) is 21.3 Å². The Hall–Kier alpha value is -0.860. The molecule has 0 amide bonds. The zero-order valence-corrected chi connectivity index (χ0v) is 11.1. The second kappa shape index (κ2) is 5.41. The molecule has 1 aliphatic heterocycles. The highest BCUT2D eigenvalue weighted by atomic mass is 16.5. The Bertz CT molecular complexity index is 374. The van der Waals surface area contributed by atoms with Crippen molar-refractivity contribution in [2.75, 3.05) is 13.2 Å². The maximum absolute atomic E-state index is 5.86. The third kappa shape index (κ3) is 2.76. The highest BCUT2D eigenvalue weighted by Gasteiger charge is 2.40. The molecule has 3 atom stereocenters. The standard InChI is InChI=1S/C16H23NO/c1-12(13-5-3-2-4-6-13)11-17-15-9-10-18-16(15)14-7-8-14/h2-6,12,14-17H,7-11H2,1H3. The van der Waals surface area contributed by atoms with E-state index in [1.165, 1.54) is 24.8 Å². The SMILES string of the molecule is CC(CNC1CCOC1C1CC1)c1ccccc1. The summed E-state index contributed by atoms with van der Waals surface area (Å²) < 4.78 is 5.86. The zero-order valence-electron chi connectivity index (χ0n) is 11.1. The van der Waals surface area contributed by atoms with E-state index in [0.717, 1.165) is 19.1 Å². The summed E-state index contributed by atoms with van der Waals surface area (Å²) in [5.41, 5.74) is 1.42. The summed E-state index contributed by atoms with van der Waals surface area (Å²) in [6, 6.07) is 11.3. The molecule has 2 heteroatoms. The number of ether oxygens (including phenoxy) is 1. The van der Waals surface area contributed by atoms with E-state index in [1.807, 2.05) is 0 Å². The Morgan fingerprint density at radius 1 is 1.22 bits per heavy atom. The van der Waals surface area contributed by atoms with Gasteiger partial charge in [-0.25, -0.2) is 0 Å². The van der Waals surface area contributed by atoms with Crippen LogP contribution < -0.4 is 5.32 Å². The smallest absolute Gasteiger partial charge is 0.0756 e. The first kappa shape index (κ1) is 12.2. The third-order valence-electron chi connectivity index (χ3n) is 4.28. The van der Waals surface area contributed by atoms with Gasteiger partial charge in [-0.2, -0.15) is 0 Å². The highest BCUT2D eigenvalue weighted by Crippen LogP contribution is 2.38. The lowest BCUT2D eigenvalue weighted by molar-refractivity contribution is 0.0810. The molecule has 1 heterocycles. The molecular weight excluding hydrogens is 222 g/mol. The molecule has 0 radical (unpaired) electrons. The van der Waals surface area contributed by atoms with Gasteiger partial charge in [0, 0.05) is 19.2 Å². The van der Waals surface area contributed by atoms with Crippen molar-refractivity contribution in [2.24, 2.45) is 5.92 Å². The van der Waals surface area contributed by atoms with Crippen LogP contribution in [0.5, 0.6) is 0 Å². The van der Waals surface area contributed by atoms with E-state index in [4.69, 9.17) is 4.74 Å². The largest absolute Gasteiger partial charge is 0.376 e. The molecular formula is C16H23NO. The second-order valence-electron chi connectivity index (χ2n) is 5.79. The Morgan fingerprint density at radius 3 is 2.72 bits per heavy atom. The van der Waals surface area contributed by atoms with E-state index in [2.05, 4.69) is 42.6 Å². The average Bonchev–Trinajstić information content (AvgIpc) is 3.16. The summed E-state index contributed by atoms with van der Waals surface area (Å²) in [6.45, 7) is 4.30. The van der Waals surface area contributed by atoms with Crippen LogP contribution in [0.15, 0.2) is 30.3 Å². The number of rotatable bonds is 5. The monoisotopic (exact) mass is 245 g/mol. The van der Waals surface area contributed by atoms with Gasteiger partial charge in [-0.3, -0.25) is 0 Å². The van der Waals surface area contributed by atoms with Crippen LogP contribution in [0.25, 0.3) is 0 Å². The summed E-state index contributed by atoms with van der Waals surface area (Å²) in [6.07, 6.45) is 4.42. The molecule has 3 rings (SSSR count). The van der Waals surface area contributed by atoms with Gasteiger partial charge in [0.15, 0.2) is 0 Å². The fourth-order valence-corrected chi connectivity index (χ4v) is 2.95. The Kier molecular flexibility index (Phi) is 3.67. The molecule has 98 valence electrons. The lowest BCUT2D eigenvalue weighted by Crippen LogP contribution is -2.39. The normalized spacial score (nSPS) is 29.4. The summed E-state index contributed by atoms with van der Waals surface area (Å²) in [7, 11) is 0. The third-order valence-corrected chi connectivity index (χ3v) is 4.28. The first-order chi connectivity index (χ1) is 8.84. The molecule has 0 spiro atoms. The lowest BCUT2D eigenvalue weighted by atomic mass is 10.00. The van der Waals surface area contributed by atoms with E-state index in [1.54, 1.807) is 0 Å². The van der Waals surface area contributed by atoms with Gasteiger partial charge >= 0.3 is 0 Å². The van der Waals surface area contributed by atoms with E-state index in [0.29, 0.717) is 18.1 Å². The van der Waals surface area contributed by atoms with Gasteiger partial charge in [-0.15, -0.1) is 0 Å². The van der Waals surface area contributed by atoms with Crippen LogP contribution in [-0.2, 0) is 4.74 Å². The molecule has 18 heavy (non-hydrogen) atoms. The summed E-state index contributed by atoms with van der Waals surface area (Å²) in [5, 5.41) is 3.73. The minimum absolute atomic E-state index is 0.493. The van der Waals surface area contributed by atoms with Crippen LogP contribution in [0.2, 0.25) is 0 Å². The van der Waals surface area contributed by atoms with Gasteiger partial charge in [0.1, 0.15) is 0 Å². The van der Waals surface area contributed by atoms with Crippen LogP contribution in [0, 0.1) is 5.92 Å². The molecule has 0 bridgehead atoms. The minimum atomic E-state index is 0.493. The van der Waals surface area contributed by atoms with E-state index in [-0.39, 0.29) is 0 Å². The molecule has 2 fully saturated rings. The van der Waals surface area contributed by atoms with E-state index < -0.39 is 0 Å². The van der Waals surface area contributed by atoms with E-state index in [9.17, 15) is 0 Å². The summed E-state index contributed by atoms with van der Waals surface area (Å²) in [5.74, 6) is 1.42. The van der Waals surface area contributed by atoms with Crippen molar-refractivity contribution in [2.45, 2.75) is 44.2 Å². The van der Waals surface area contributed by atoms with E-state index >= 15 is 0 Å². The van der Waals surface area contributed by atoms with Crippen molar-refractivity contribution >= 4 is 0 Å². The van der Waals surface area contributed by atoms with Gasteiger partial charge in [0.2, 0.25) is 0 Å². The fraction of sp³-hybridized carbons (Fsp3) is 0.625. The maximum atomic E-state index is 5.86. The Balaban J connectivity index is 1.51. The van der Waals surface area contributed by atoms with Gasteiger partial charge in [0.05, 0.1) is 6.10 Å². The van der Waals surface area contributed by atoms with Gasteiger partial charge in [-0.1, -0.05) is 37.3 Å². The van der Waals surface area contributed by atoms with Crippen LogP contribution in [0.1, 0.15) is 37.7 Å². The Morgan fingerprint density at radius 2 is 2.00 bits per heavy atom. The molecule has 2 aliphatic rings. The van der Waals surface area contributed by atoms with Crippen molar-refractivity contribution in [3.8, 4) is 0 Å². The van der Waals surface area contributed by atoms with Gasteiger partial charge in [-0.05, 0) is 36.7 Å². The quantitative estimate of drug-likeness (QED) is 0.861. The van der Waals surface area contributed by atoms with Crippen molar-refractivity contribution in [3.05, 3.63) is 35.9 Å². The lowest BCUT2D eigenvalue weighted by Gasteiger charge is -2.22.